The number of carbonyl (C=O) groups is 1. The van der Waals surface area contributed by atoms with Crippen LogP contribution in [0, 0.1) is 5.92 Å². The molecule has 0 saturated carbocycles. The molecule has 0 bridgehead atoms. The number of hydrogen-bond acceptors (Lipinski definition) is 3. The monoisotopic (exact) mass is 290 g/mol. The van der Waals surface area contributed by atoms with Gasteiger partial charge in [-0.1, -0.05) is 25.1 Å². The van der Waals surface area contributed by atoms with Crippen LogP contribution in [-0.2, 0) is 11.2 Å². The van der Waals surface area contributed by atoms with Crippen molar-refractivity contribution in [2.75, 3.05) is 29.5 Å². The fraction of sp³-hybridized carbons (Fsp3) is 0.562. The Morgan fingerprint density at radius 1 is 1.45 bits per heavy atom. The zero-order chi connectivity index (χ0) is 13.9. The molecule has 1 aromatic carbocycles. The predicted octanol–water partition coefficient (Wildman–Crippen LogP) is 2.31. The quantitative estimate of drug-likeness (QED) is 0.907. The third-order valence-corrected chi connectivity index (χ3v) is 5.20. The van der Waals surface area contributed by atoms with Crippen molar-refractivity contribution in [2.24, 2.45) is 5.92 Å². The van der Waals surface area contributed by atoms with Crippen LogP contribution in [0.1, 0.15) is 18.9 Å². The van der Waals surface area contributed by atoms with E-state index < -0.39 is 0 Å². The smallest absolute Gasteiger partial charge is 0.228 e. The summed E-state index contributed by atoms with van der Waals surface area (Å²) in [5.74, 6) is 3.02. The fourth-order valence-corrected chi connectivity index (χ4v) is 4.05. The lowest BCUT2D eigenvalue weighted by molar-refractivity contribution is -0.119. The molecule has 0 spiro atoms. The third kappa shape index (κ3) is 3.01. The van der Waals surface area contributed by atoms with Gasteiger partial charge in [0.1, 0.15) is 0 Å². The number of hydrogen-bond donors (Lipinski definition) is 1. The summed E-state index contributed by atoms with van der Waals surface area (Å²) >= 11 is 1.94. The van der Waals surface area contributed by atoms with E-state index in [0.29, 0.717) is 18.4 Å². The van der Waals surface area contributed by atoms with Gasteiger partial charge >= 0.3 is 0 Å². The van der Waals surface area contributed by atoms with Gasteiger partial charge in [0.15, 0.2) is 0 Å². The fourth-order valence-electron chi connectivity index (χ4n) is 3.10. The Labute approximate surface area is 125 Å². The number of benzene rings is 1. The van der Waals surface area contributed by atoms with Crippen molar-refractivity contribution >= 4 is 23.4 Å². The second kappa shape index (κ2) is 6.19. The van der Waals surface area contributed by atoms with Crippen LogP contribution in [0.5, 0.6) is 0 Å². The van der Waals surface area contributed by atoms with E-state index in [9.17, 15) is 4.79 Å². The summed E-state index contributed by atoms with van der Waals surface area (Å²) in [6.07, 6.45) is 1.70. The van der Waals surface area contributed by atoms with Crippen LogP contribution in [0.25, 0.3) is 0 Å². The van der Waals surface area contributed by atoms with Crippen molar-refractivity contribution < 1.29 is 4.79 Å². The highest BCUT2D eigenvalue weighted by atomic mass is 32.2. The highest BCUT2D eigenvalue weighted by Gasteiger charge is 2.28. The maximum Gasteiger partial charge on any atom is 0.228 e. The number of nitrogens with zero attached hydrogens (tertiary/aromatic N) is 1. The van der Waals surface area contributed by atoms with Crippen molar-refractivity contribution in [3.63, 3.8) is 0 Å². The number of carbonyl (C=O) groups excluding carboxylic acids is 1. The highest BCUT2D eigenvalue weighted by molar-refractivity contribution is 7.99. The average molecular weight is 290 g/mol. The van der Waals surface area contributed by atoms with E-state index in [-0.39, 0.29) is 5.91 Å². The largest absolute Gasteiger partial charge is 0.312 e. The van der Waals surface area contributed by atoms with E-state index in [1.54, 1.807) is 0 Å². The Morgan fingerprint density at radius 2 is 2.30 bits per heavy atom. The van der Waals surface area contributed by atoms with Gasteiger partial charge in [0.25, 0.3) is 0 Å². The summed E-state index contributed by atoms with van der Waals surface area (Å²) < 4.78 is 0. The molecule has 0 radical (unpaired) electrons. The highest BCUT2D eigenvalue weighted by Crippen LogP contribution is 2.30. The summed E-state index contributed by atoms with van der Waals surface area (Å²) in [6.45, 7) is 4.11. The molecule has 1 N–H and O–H groups in total. The predicted molar refractivity (Wildman–Crippen MR) is 85.4 cm³/mol. The van der Waals surface area contributed by atoms with Crippen LogP contribution in [0.3, 0.4) is 0 Å². The zero-order valence-electron chi connectivity index (χ0n) is 12.0. The molecule has 1 saturated heterocycles. The number of thioether (sulfide) groups is 1. The standard InChI is InChI=1S/C16H22N2OS/c1-12-8-13-4-2-3-5-15(13)18(10-12)16(19)9-14-11-20-7-6-17-14/h2-5,12,14,17H,6-11H2,1H3. The third-order valence-electron chi connectivity index (χ3n) is 4.07. The molecule has 2 atom stereocenters. The molecule has 2 aliphatic rings. The van der Waals surface area contributed by atoms with Crippen molar-refractivity contribution in [3.8, 4) is 0 Å². The Morgan fingerprint density at radius 3 is 3.10 bits per heavy atom. The van der Waals surface area contributed by atoms with Gasteiger partial charge in [0.05, 0.1) is 0 Å². The van der Waals surface area contributed by atoms with E-state index >= 15 is 0 Å². The maximum absolute atomic E-state index is 12.7. The lowest BCUT2D eigenvalue weighted by Crippen LogP contribution is -2.45. The molecule has 108 valence electrons. The number of fused-ring (bicyclic) bond motifs is 1. The lowest BCUT2D eigenvalue weighted by atomic mass is 9.93. The number of amides is 1. The van der Waals surface area contributed by atoms with Gasteiger partial charge in [-0.25, -0.2) is 0 Å². The lowest BCUT2D eigenvalue weighted by Gasteiger charge is -2.34. The normalized spacial score (nSPS) is 26.1. The van der Waals surface area contributed by atoms with Crippen LogP contribution < -0.4 is 10.2 Å². The molecule has 2 heterocycles. The summed E-state index contributed by atoms with van der Waals surface area (Å²) in [7, 11) is 0. The second-order valence-corrected chi connectivity index (χ2v) is 7.02. The van der Waals surface area contributed by atoms with Crippen LogP contribution in [0.2, 0.25) is 0 Å². The minimum absolute atomic E-state index is 0.268. The summed E-state index contributed by atoms with van der Waals surface area (Å²) in [5, 5.41) is 3.46. The Kier molecular flexibility index (Phi) is 4.32. The number of para-hydroxylation sites is 1. The number of nitrogens with one attached hydrogen (secondary N) is 1. The Balaban J connectivity index is 1.74. The second-order valence-electron chi connectivity index (χ2n) is 5.87. The minimum atomic E-state index is 0.268. The van der Waals surface area contributed by atoms with E-state index in [2.05, 4.69) is 30.4 Å². The van der Waals surface area contributed by atoms with Gasteiger partial charge in [-0.2, -0.15) is 11.8 Å². The zero-order valence-corrected chi connectivity index (χ0v) is 12.8. The molecule has 1 aromatic rings. The SMILES string of the molecule is CC1Cc2ccccc2N(C(=O)CC2CSCCN2)C1. The topological polar surface area (TPSA) is 32.3 Å². The first-order valence-corrected chi connectivity index (χ1v) is 8.59. The molecular weight excluding hydrogens is 268 g/mol. The molecule has 2 aliphatic heterocycles. The summed E-state index contributed by atoms with van der Waals surface area (Å²) in [4.78, 5) is 14.7. The minimum Gasteiger partial charge on any atom is -0.312 e. The van der Waals surface area contributed by atoms with E-state index in [1.165, 1.54) is 5.56 Å². The first-order valence-electron chi connectivity index (χ1n) is 7.43. The molecule has 2 unspecified atom stereocenters. The maximum atomic E-state index is 12.7. The van der Waals surface area contributed by atoms with Gasteiger partial charge in [-0.3, -0.25) is 4.79 Å². The van der Waals surface area contributed by atoms with E-state index in [0.717, 1.165) is 36.7 Å². The van der Waals surface area contributed by atoms with E-state index in [4.69, 9.17) is 0 Å². The molecule has 1 amide bonds. The average Bonchev–Trinajstić information content (AvgIpc) is 2.47. The summed E-state index contributed by atoms with van der Waals surface area (Å²) in [6, 6.07) is 8.68. The molecule has 0 aliphatic carbocycles. The van der Waals surface area contributed by atoms with Crippen molar-refractivity contribution in [1.29, 1.82) is 0 Å². The molecule has 3 rings (SSSR count). The van der Waals surface area contributed by atoms with Crippen LogP contribution in [0.4, 0.5) is 5.69 Å². The van der Waals surface area contributed by atoms with Gasteiger partial charge in [-0.15, -0.1) is 0 Å². The molecule has 3 nitrogen and oxygen atoms in total. The molecule has 1 fully saturated rings. The van der Waals surface area contributed by atoms with Crippen LogP contribution in [-0.4, -0.2) is 36.5 Å². The van der Waals surface area contributed by atoms with Gasteiger partial charge in [-0.05, 0) is 24.0 Å². The molecule has 4 heteroatoms. The number of anilines is 1. The van der Waals surface area contributed by atoms with E-state index in [1.807, 2.05) is 22.7 Å². The first-order chi connectivity index (χ1) is 9.74. The number of rotatable bonds is 2. The summed E-state index contributed by atoms with van der Waals surface area (Å²) in [5.41, 5.74) is 2.43. The van der Waals surface area contributed by atoms with Crippen LogP contribution in [0.15, 0.2) is 24.3 Å². The molecule has 0 aromatic heterocycles. The molecular formula is C16H22N2OS. The van der Waals surface area contributed by atoms with Crippen molar-refractivity contribution in [1.82, 2.24) is 5.32 Å². The first kappa shape index (κ1) is 14.0. The Hall–Kier alpha value is -1.000. The Bertz CT molecular complexity index is 485. The van der Waals surface area contributed by atoms with Gasteiger partial charge in [0.2, 0.25) is 5.91 Å². The van der Waals surface area contributed by atoms with Crippen LogP contribution >= 0.6 is 11.8 Å². The van der Waals surface area contributed by atoms with Gasteiger partial charge < -0.3 is 10.2 Å². The molecule has 20 heavy (non-hydrogen) atoms. The van der Waals surface area contributed by atoms with Gasteiger partial charge in [0, 0.05) is 42.7 Å². The van der Waals surface area contributed by atoms with Crippen molar-refractivity contribution in [3.05, 3.63) is 29.8 Å². The van der Waals surface area contributed by atoms with Crippen molar-refractivity contribution in [2.45, 2.75) is 25.8 Å².